The van der Waals surface area contributed by atoms with Gasteiger partial charge in [-0.25, -0.2) is 18.4 Å². The molecule has 0 aliphatic heterocycles. The number of nitrogen functional groups attached to an aromatic ring is 1. The van der Waals surface area contributed by atoms with E-state index in [-0.39, 0.29) is 28.2 Å². The zero-order valence-electron chi connectivity index (χ0n) is 19.1. The summed E-state index contributed by atoms with van der Waals surface area (Å²) in [6, 6.07) is 18.9. The number of carbonyl (C=O) groups is 1. The molecule has 9 heteroatoms. The standard InChI is InChI=1S/C26H23N5O3S/c1-16(2)31-14-22(23-25(27)28-15-29-26(23)31)24(32)19-8-5-9-20(12-19)30-35(33,34)21-11-10-17-6-3-4-7-18(17)13-21/h3-16,30H,1-2H3,(H2,27,28,29). The van der Waals surface area contributed by atoms with Gasteiger partial charge in [-0.1, -0.05) is 42.5 Å². The molecule has 0 aliphatic rings. The highest BCUT2D eigenvalue weighted by molar-refractivity contribution is 7.92. The van der Waals surface area contributed by atoms with Gasteiger partial charge in [0.15, 0.2) is 5.78 Å². The Morgan fingerprint density at radius 3 is 2.51 bits per heavy atom. The largest absolute Gasteiger partial charge is 0.383 e. The second kappa shape index (κ2) is 8.52. The van der Waals surface area contributed by atoms with Crippen LogP contribution in [0.5, 0.6) is 0 Å². The van der Waals surface area contributed by atoms with Crippen molar-refractivity contribution in [2.45, 2.75) is 24.8 Å². The third-order valence-corrected chi connectivity index (χ3v) is 7.23. The molecule has 3 N–H and O–H groups in total. The van der Waals surface area contributed by atoms with Crippen LogP contribution in [0.3, 0.4) is 0 Å². The molecule has 35 heavy (non-hydrogen) atoms. The molecule has 5 aromatic rings. The Morgan fingerprint density at radius 1 is 0.971 bits per heavy atom. The number of hydrogen-bond acceptors (Lipinski definition) is 6. The fourth-order valence-electron chi connectivity index (χ4n) is 4.10. The van der Waals surface area contributed by atoms with E-state index in [0.29, 0.717) is 22.2 Å². The van der Waals surface area contributed by atoms with Crippen LogP contribution in [0.15, 0.2) is 84.1 Å². The normalized spacial score (nSPS) is 11.9. The fraction of sp³-hybridized carbons (Fsp3) is 0.115. The van der Waals surface area contributed by atoms with Crippen molar-refractivity contribution < 1.29 is 13.2 Å². The monoisotopic (exact) mass is 485 g/mol. The number of carbonyl (C=O) groups excluding carboxylic acids is 1. The summed E-state index contributed by atoms with van der Waals surface area (Å²) in [7, 11) is -3.87. The van der Waals surface area contributed by atoms with E-state index in [1.54, 1.807) is 42.6 Å². The summed E-state index contributed by atoms with van der Waals surface area (Å²) in [5.74, 6) is -0.0893. The third-order valence-electron chi connectivity index (χ3n) is 5.85. The van der Waals surface area contributed by atoms with E-state index >= 15 is 0 Å². The minimum atomic E-state index is -3.87. The van der Waals surface area contributed by atoms with Crippen LogP contribution in [0.25, 0.3) is 21.8 Å². The Kier molecular flexibility index (Phi) is 5.49. The van der Waals surface area contributed by atoms with Crippen LogP contribution >= 0.6 is 0 Å². The van der Waals surface area contributed by atoms with E-state index in [1.807, 2.05) is 42.7 Å². The van der Waals surface area contributed by atoms with E-state index in [0.717, 1.165) is 10.8 Å². The van der Waals surface area contributed by atoms with Gasteiger partial charge < -0.3 is 10.3 Å². The van der Waals surface area contributed by atoms with Gasteiger partial charge in [0.2, 0.25) is 0 Å². The maximum atomic E-state index is 13.5. The first-order chi connectivity index (χ1) is 16.7. The Labute approximate surface area is 202 Å². The summed E-state index contributed by atoms with van der Waals surface area (Å²) in [4.78, 5) is 22.0. The number of hydrogen-bond donors (Lipinski definition) is 2. The summed E-state index contributed by atoms with van der Waals surface area (Å²) in [6.07, 6.45) is 3.08. The van der Waals surface area contributed by atoms with Crippen LogP contribution in [0.4, 0.5) is 11.5 Å². The third kappa shape index (κ3) is 4.10. The Morgan fingerprint density at radius 2 is 1.74 bits per heavy atom. The lowest BCUT2D eigenvalue weighted by molar-refractivity contribution is 0.104. The lowest BCUT2D eigenvalue weighted by atomic mass is 10.0. The lowest BCUT2D eigenvalue weighted by Gasteiger charge is -2.10. The summed E-state index contributed by atoms with van der Waals surface area (Å²) in [5.41, 5.74) is 7.62. The van der Waals surface area contributed by atoms with Gasteiger partial charge in [0.05, 0.1) is 15.8 Å². The Hall–Kier alpha value is -4.24. The number of nitrogens with one attached hydrogen (secondary N) is 1. The number of fused-ring (bicyclic) bond motifs is 2. The summed E-state index contributed by atoms with van der Waals surface area (Å²) in [6.45, 7) is 3.96. The van der Waals surface area contributed by atoms with Gasteiger partial charge in [-0.05, 0) is 48.9 Å². The van der Waals surface area contributed by atoms with Crippen LogP contribution in [0.2, 0.25) is 0 Å². The molecule has 3 aromatic carbocycles. The first-order valence-corrected chi connectivity index (χ1v) is 12.5. The van der Waals surface area contributed by atoms with Crippen LogP contribution in [-0.4, -0.2) is 28.7 Å². The first kappa shape index (κ1) is 22.5. The second-order valence-corrected chi connectivity index (χ2v) is 10.2. The number of nitrogens with zero attached hydrogens (tertiary/aromatic N) is 3. The van der Waals surface area contributed by atoms with Crippen molar-refractivity contribution in [2.75, 3.05) is 10.5 Å². The molecule has 0 spiro atoms. The van der Waals surface area contributed by atoms with E-state index in [4.69, 9.17) is 5.73 Å². The number of anilines is 2. The molecule has 0 atom stereocenters. The molecule has 0 amide bonds. The molecule has 0 unspecified atom stereocenters. The number of rotatable bonds is 6. The predicted molar refractivity (Wildman–Crippen MR) is 137 cm³/mol. The Bertz CT molecular complexity index is 1710. The van der Waals surface area contributed by atoms with Gasteiger partial charge in [-0.2, -0.15) is 0 Å². The van der Waals surface area contributed by atoms with Crippen molar-refractivity contribution in [1.82, 2.24) is 14.5 Å². The fourth-order valence-corrected chi connectivity index (χ4v) is 5.19. The minimum Gasteiger partial charge on any atom is -0.383 e. The van der Waals surface area contributed by atoms with Crippen molar-refractivity contribution in [2.24, 2.45) is 0 Å². The average Bonchev–Trinajstić information content (AvgIpc) is 3.24. The summed E-state index contributed by atoms with van der Waals surface area (Å²) in [5, 5.41) is 2.25. The average molecular weight is 486 g/mol. The van der Waals surface area contributed by atoms with Crippen molar-refractivity contribution in [3.63, 3.8) is 0 Å². The van der Waals surface area contributed by atoms with Gasteiger partial charge in [0, 0.05) is 23.5 Å². The quantitative estimate of drug-likeness (QED) is 0.334. The molecule has 8 nitrogen and oxygen atoms in total. The van der Waals surface area contributed by atoms with Gasteiger partial charge in [0.25, 0.3) is 10.0 Å². The van der Waals surface area contributed by atoms with Crippen LogP contribution in [0, 0.1) is 0 Å². The molecule has 0 saturated heterocycles. The lowest BCUT2D eigenvalue weighted by Crippen LogP contribution is -2.13. The molecule has 0 aliphatic carbocycles. The van der Waals surface area contributed by atoms with E-state index in [9.17, 15) is 13.2 Å². The summed E-state index contributed by atoms with van der Waals surface area (Å²) >= 11 is 0. The van der Waals surface area contributed by atoms with Gasteiger partial charge in [-0.15, -0.1) is 0 Å². The maximum absolute atomic E-state index is 13.5. The topological polar surface area (TPSA) is 120 Å². The van der Waals surface area contributed by atoms with Crippen molar-refractivity contribution >= 4 is 49.1 Å². The minimum absolute atomic E-state index is 0.0495. The maximum Gasteiger partial charge on any atom is 0.261 e. The van der Waals surface area contributed by atoms with Crippen molar-refractivity contribution in [3.05, 3.63) is 90.4 Å². The zero-order chi connectivity index (χ0) is 24.7. The van der Waals surface area contributed by atoms with E-state index < -0.39 is 10.0 Å². The Balaban J connectivity index is 1.50. The van der Waals surface area contributed by atoms with Crippen LogP contribution in [0.1, 0.15) is 35.8 Å². The molecule has 2 heterocycles. The predicted octanol–water partition coefficient (Wildman–Crippen LogP) is 4.78. The number of sulfonamides is 1. The zero-order valence-corrected chi connectivity index (χ0v) is 20.0. The number of ketones is 1. The molecular weight excluding hydrogens is 462 g/mol. The van der Waals surface area contributed by atoms with Crippen molar-refractivity contribution in [3.8, 4) is 0 Å². The molecule has 0 bridgehead atoms. The van der Waals surface area contributed by atoms with Gasteiger partial charge in [0.1, 0.15) is 17.8 Å². The first-order valence-electron chi connectivity index (χ1n) is 11.0. The van der Waals surface area contributed by atoms with Crippen LogP contribution in [-0.2, 0) is 10.0 Å². The highest BCUT2D eigenvalue weighted by Crippen LogP contribution is 2.29. The number of aromatic nitrogens is 3. The summed E-state index contributed by atoms with van der Waals surface area (Å²) < 4.78 is 30.6. The molecule has 0 fully saturated rings. The molecule has 0 radical (unpaired) electrons. The smallest absolute Gasteiger partial charge is 0.261 e. The number of nitrogens with two attached hydrogens (primary N) is 1. The number of benzene rings is 3. The van der Waals surface area contributed by atoms with Crippen LogP contribution < -0.4 is 10.5 Å². The second-order valence-electron chi connectivity index (χ2n) is 8.53. The SMILES string of the molecule is CC(C)n1cc(C(=O)c2cccc(NS(=O)(=O)c3ccc4ccccc4c3)c2)c2c(N)ncnc21. The van der Waals surface area contributed by atoms with Gasteiger partial charge >= 0.3 is 0 Å². The van der Waals surface area contributed by atoms with E-state index in [2.05, 4.69) is 14.7 Å². The van der Waals surface area contributed by atoms with Gasteiger partial charge in [-0.3, -0.25) is 9.52 Å². The molecule has 5 rings (SSSR count). The highest BCUT2D eigenvalue weighted by atomic mass is 32.2. The highest BCUT2D eigenvalue weighted by Gasteiger charge is 2.22. The molecule has 176 valence electrons. The molecule has 2 aromatic heterocycles. The van der Waals surface area contributed by atoms with Crippen molar-refractivity contribution in [1.29, 1.82) is 0 Å². The van der Waals surface area contributed by atoms with E-state index in [1.165, 1.54) is 12.4 Å². The molecular formula is C26H23N5O3S. The molecule has 0 saturated carbocycles.